The minimum atomic E-state index is -4.81. The molecule has 9 heteroatoms. The van der Waals surface area contributed by atoms with Crippen molar-refractivity contribution in [3.63, 3.8) is 0 Å². The minimum Gasteiger partial charge on any atom is -0.352 e. The van der Waals surface area contributed by atoms with Gasteiger partial charge in [0.15, 0.2) is 5.69 Å². The fraction of sp³-hybridized carbons (Fsp3) is 0.190. The lowest BCUT2D eigenvalue weighted by Crippen LogP contribution is -2.23. The maximum Gasteiger partial charge on any atom is 0.434 e. The van der Waals surface area contributed by atoms with E-state index in [0.717, 1.165) is 10.9 Å². The molecule has 3 rings (SSSR count). The fourth-order valence-corrected chi connectivity index (χ4v) is 2.97. The first-order chi connectivity index (χ1) is 14.2. The van der Waals surface area contributed by atoms with E-state index in [9.17, 15) is 22.8 Å². The highest BCUT2D eigenvalue weighted by Gasteiger charge is 2.40. The Labute approximate surface area is 170 Å². The molecule has 0 atom stereocenters. The molecule has 0 aliphatic carbocycles. The summed E-state index contributed by atoms with van der Waals surface area (Å²) in [4.78, 5) is 24.6. The number of benzene rings is 2. The molecular formula is C21H19F3N4O2. The van der Waals surface area contributed by atoms with Gasteiger partial charge in [0.2, 0.25) is 0 Å². The Balaban J connectivity index is 1.97. The summed E-state index contributed by atoms with van der Waals surface area (Å²) in [6.45, 7) is 3.83. The summed E-state index contributed by atoms with van der Waals surface area (Å²) in [7, 11) is 0. The number of aromatic nitrogens is 2. The molecule has 0 aliphatic rings. The lowest BCUT2D eigenvalue weighted by atomic mass is 10.1. The molecule has 1 heterocycles. The molecule has 156 valence electrons. The molecule has 2 aromatic carbocycles. The number of para-hydroxylation sites is 1. The van der Waals surface area contributed by atoms with Crippen LogP contribution in [0.5, 0.6) is 0 Å². The van der Waals surface area contributed by atoms with E-state index in [0.29, 0.717) is 12.1 Å². The molecule has 3 aromatic rings. The Morgan fingerprint density at radius 1 is 1.07 bits per heavy atom. The summed E-state index contributed by atoms with van der Waals surface area (Å²) in [5.41, 5.74) is -0.514. The molecule has 2 amide bonds. The number of hydrogen-bond donors (Lipinski definition) is 2. The van der Waals surface area contributed by atoms with Gasteiger partial charge in [-0.05, 0) is 43.7 Å². The topological polar surface area (TPSA) is 76.0 Å². The zero-order valence-electron chi connectivity index (χ0n) is 16.2. The average molecular weight is 416 g/mol. The first-order valence-corrected chi connectivity index (χ1v) is 9.13. The van der Waals surface area contributed by atoms with Gasteiger partial charge in [-0.15, -0.1) is 0 Å². The van der Waals surface area contributed by atoms with Crippen molar-refractivity contribution in [3.05, 3.63) is 77.1 Å². The average Bonchev–Trinajstić information content (AvgIpc) is 3.14. The predicted molar refractivity (Wildman–Crippen MR) is 106 cm³/mol. The van der Waals surface area contributed by atoms with Crippen molar-refractivity contribution in [3.8, 4) is 5.69 Å². The third kappa shape index (κ3) is 4.35. The number of alkyl halides is 3. The van der Waals surface area contributed by atoms with E-state index in [4.69, 9.17) is 0 Å². The summed E-state index contributed by atoms with van der Waals surface area (Å²) < 4.78 is 42.2. The Bertz CT molecular complexity index is 1090. The van der Waals surface area contributed by atoms with Gasteiger partial charge in [-0.25, -0.2) is 4.68 Å². The normalized spacial score (nSPS) is 11.2. The van der Waals surface area contributed by atoms with E-state index in [-0.39, 0.29) is 22.8 Å². The van der Waals surface area contributed by atoms with Crippen LogP contribution in [0.2, 0.25) is 0 Å². The smallest absolute Gasteiger partial charge is 0.352 e. The SMILES string of the molecule is CCNC(=O)c1cccc(NC(=O)c2cnn(-c3ccccc3C)c2C(F)(F)F)c1. The van der Waals surface area contributed by atoms with E-state index in [1.165, 1.54) is 30.3 Å². The molecule has 0 fully saturated rings. The zero-order chi connectivity index (χ0) is 21.9. The maximum absolute atomic E-state index is 13.8. The van der Waals surface area contributed by atoms with Crippen LogP contribution in [0.3, 0.4) is 0 Å². The van der Waals surface area contributed by atoms with Crippen LogP contribution >= 0.6 is 0 Å². The third-order valence-corrected chi connectivity index (χ3v) is 4.35. The third-order valence-electron chi connectivity index (χ3n) is 4.35. The largest absolute Gasteiger partial charge is 0.434 e. The molecule has 0 bridgehead atoms. The van der Waals surface area contributed by atoms with Crippen molar-refractivity contribution in [1.29, 1.82) is 0 Å². The van der Waals surface area contributed by atoms with Crippen LogP contribution in [0.1, 0.15) is 38.9 Å². The molecule has 0 unspecified atom stereocenters. The number of nitrogens with zero attached hydrogens (tertiary/aromatic N) is 2. The molecule has 30 heavy (non-hydrogen) atoms. The van der Waals surface area contributed by atoms with Gasteiger partial charge in [-0.2, -0.15) is 18.3 Å². The maximum atomic E-state index is 13.8. The summed E-state index contributed by atoms with van der Waals surface area (Å²) >= 11 is 0. The lowest BCUT2D eigenvalue weighted by Gasteiger charge is -2.14. The van der Waals surface area contributed by atoms with Gasteiger partial charge >= 0.3 is 6.18 Å². The van der Waals surface area contributed by atoms with Crippen LogP contribution in [0.15, 0.2) is 54.7 Å². The van der Waals surface area contributed by atoms with Crippen molar-refractivity contribution in [2.75, 3.05) is 11.9 Å². The molecule has 0 radical (unpaired) electrons. The molecule has 0 saturated heterocycles. The summed E-state index contributed by atoms with van der Waals surface area (Å²) in [5.74, 6) is -1.33. The Morgan fingerprint density at radius 2 is 1.80 bits per heavy atom. The predicted octanol–water partition coefficient (Wildman–Crippen LogP) is 4.20. The number of rotatable bonds is 5. The highest BCUT2D eigenvalue weighted by atomic mass is 19.4. The van der Waals surface area contributed by atoms with E-state index >= 15 is 0 Å². The van der Waals surface area contributed by atoms with Crippen LogP contribution < -0.4 is 10.6 Å². The number of carbonyl (C=O) groups is 2. The monoisotopic (exact) mass is 416 g/mol. The number of anilines is 1. The van der Waals surface area contributed by atoms with Crippen LogP contribution in [-0.4, -0.2) is 28.1 Å². The van der Waals surface area contributed by atoms with Gasteiger partial charge in [0.25, 0.3) is 11.8 Å². The van der Waals surface area contributed by atoms with E-state index in [1.54, 1.807) is 32.0 Å². The highest BCUT2D eigenvalue weighted by Crippen LogP contribution is 2.34. The number of amides is 2. The van der Waals surface area contributed by atoms with Crippen molar-refractivity contribution in [2.24, 2.45) is 0 Å². The number of nitrogens with one attached hydrogen (secondary N) is 2. The van der Waals surface area contributed by atoms with Gasteiger partial charge in [0, 0.05) is 17.8 Å². The van der Waals surface area contributed by atoms with Gasteiger partial charge in [0.1, 0.15) is 0 Å². The van der Waals surface area contributed by atoms with Gasteiger partial charge in [0.05, 0.1) is 17.4 Å². The van der Waals surface area contributed by atoms with Gasteiger partial charge < -0.3 is 10.6 Å². The first kappa shape index (κ1) is 21.1. The second kappa shape index (κ2) is 8.40. The molecule has 0 saturated carbocycles. The number of carbonyl (C=O) groups excluding carboxylic acids is 2. The standard InChI is InChI=1S/C21H19F3N4O2/c1-3-25-19(29)14-8-6-9-15(11-14)27-20(30)16-12-26-28(18(16)21(22,23)24)17-10-5-4-7-13(17)2/h4-12H,3H2,1-2H3,(H,25,29)(H,27,30). The summed E-state index contributed by atoms with van der Waals surface area (Å²) in [6, 6.07) is 12.4. The molecule has 0 spiro atoms. The zero-order valence-corrected chi connectivity index (χ0v) is 16.2. The molecule has 0 aliphatic heterocycles. The Hall–Kier alpha value is -3.62. The molecule has 2 N–H and O–H groups in total. The van der Waals surface area contributed by atoms with Gasteiger partial charge in [-0.1, -0.05) is 24.3 Å². The van der Waals surface area contributed by atoms with Crippen molar-refractivity contribution in [1.82, 2.24) is 15.1 Å². The second-order valence-electron chi connectivity index (χ2n) is 6.50. The highest BCUT2D eigenvalue weighted by molar-refractivity contribution is 6.06. The Morgan fingerprint density at radius 3 is 2.47 bits per heavy atom. The summed E-state index contributed by atoms with van der Waals surface area (Å²) in [5, 5.41) is 8.85. The van der Waals surface area contributed by atoms with Gasteiger partial charge in [-0.3, -0.25) is 9.59 Å². The van der Waals surface area contributed by atoms with Crippen molar-refractivity contribution >= 4 is 17.5 Å². The van der Waals surface area contributed by atoms with E-state index in [2.05, 4.69) is 15.7 Å². The second-order valence-corrected chi connectivity index (χ2v) is 6.50. The lowest BCUT2D eigenvalue weighted by molar-refractivity contribution is -0.143. The Kier molecular flexibility index (Phi) is 5.91. The van der Waals surface area contributed by atoms with Crippen LogP contribution in [0, 0.1) is 6.92 Å². The van der Waals surface area contributed by atoms with Crippen LogP contribution in [-0.2, 0) is 6.18 Å². The molecule has 1 aromatic heterocycles. The number of hydrogen-bond acceptors (Lipinski definition) is 3. The number of halogens is 3. The summed E-state index contributed by atoms with van der Waals surface area (Å²) in [6.07, 6.45) is -3.92. The quantitative estimate of drug-likeness (QED) is 0.655. The van der Waals surface area contributed by atoms with E-state index in [1.807, 2.05) is 0 Å². The van der Waals surface area contributed by atoms with Crippen molar-refractivity contribution in [2.45, 2.75) is 20.0 Å². The number of aryl methyl sites for hydroxylation is 1. The van der Waals surface area contributed by atoms with Crippen LogP contribution in [0.4, 0.5) is 18.9 Å². The van der Waals surface area contributed by atoms with Crippen molar-refractivity contribution < 1.29 is 22.8 Å². The first-order valence-electron chi connectivity index (χ1n) is 9.13. The fourth-order valence-electron chi connectivity index (χ4n) is 2.97. The van der Waals surface area contributed by atoms with E-state index < -0.39 is 23.3 Å². The minimum absolute atomic E-state index is 0.195. The molecular weight excluding hydrogens is 397 g/mol. The van der Waals surface area contributed by atoms with Crippen LogP contribution in [0.25, 0.3) is 5.69 Å². The molecule has 6 nitrogen and oxygen atoms in total.